The van der Waals surface area contributed by atoms with Crippen molar-refractivity contribution in [3.05, 3.63) is 108 Å². The van der Waals surface area contributed by atoms with Crippen LogP contribution in [0.25, 0.3) is 0 Å². The molecular formula is C24H20N2O3. The molecule has 0 aliphatic carbocycles. The standard InChI is InChI=1S/C24H20N2O3/c27-20(15-14-17-9-3-1-4-10-17)21-22(19-13-7-8-16-25-19)26(24(29)23(21)28)18-11-5-2-6-12-18/h1-13,16,22,28H,14-15H2. The number of para-hydroxylation sites is 1. The van der Waals surface area contributed by atoms with E-state index >= 15 is 0 Å². The first kappa shape index (κ1) is 18.6. The fraction of sp³-hybridized carbons (Fsp3) is 0.125. The lowest BCUT2D eigenvalue weighted by Gasteiger charge is -2.26. The van der Waals surface area contributed by atoms with Crippen molar-refractivity contribution in [1.82, 2.24) is 4.98 Å². The largest absolute Gasteiger partial charge is 0.503 e. The second kappa shape index (κ2) is 8.10. The number of ketones is 1. The number of aliphatic hydroxyl groups is 1. The molecule has 29 heavy (non-hydrogen) atoms. The van der Waals surface area contributed by atoms with E-state index in [-0.39, 0.29) is 17.8 Å². The lowest BCUT2D eigenvalue weighted by Crippen LogP contribution is -2.31. The molecule has 3 aromatic rings. The minimum absolute atomic E-state index is 0.105. The van der Waals surface area contributed by atoms with E-state index in [1.807, 2.05) is 48.5 Å². The average molecular weight is 384 g/mol. The Morgan fingerprint density at radius 1 is 0.931 bits per heavy atom. The van der Waals surface area contributed by atoms with E-state index in [1.54, 1.807) is 36.5 Å². The van der Waals surface area contributed by atoms with Crippen LogP contribution in [0.2, 0.25) is 0 Å². The highest BCUT2D eigenvalue weighted by atomic mass is 16.3. The molecule has 144 valence electrons. The Hall–Kier alpha value is -3.73. The molecule has 5 nitrogen and oxygen atoms in total. The van der Waals surface area contributed by atoms with Crippen molar-refractivity contribution in [2.45, 2.75) is 18.9 Å². The van der Waals surface area contributed by atoms with Gasteiger partial charge in [-0.05, 0) is 36.2 Å². The summed E-state index contributed by atoms with van der Waals surface area (Å²) in [6, 6.07) is 23.3. The van der Waals surface area contributed by atoms with Gasteiger partial charge in [0.2, 0.25) is 0 Å². The maximum atomic E-state index is 13.1. The van der Waals surface area contributed by atoms with Crippen LogP contribution >= 0.6 is 0 Å². The van der Waals surface area contributed by atoms with Crippen molar-refractivity contribution in [3.63, 3.8) is 0 Å². The monoisotopic (exact) mass is 384 g/mol. The summed E-state index contributed by atoms with van der Waals surface area (Å²) in [5.41, 5.74) is 2.27. The summed E-state index contributed by atoms with van der Waals surface area (Å²) in [4.78, 5) is 31.8. The predicted octanol–water partition coefficient (Wildman–Crippen LogP) is 4.18. The van der Waals surface area contributed by atoms with E-state index in [4.69, 9.17) is 0 Å². The van der Waals surface area contributed by atoms with E-state index in [0.29, 0.717) is 17.8 Å². The van der Waals surface area contributed by atoms with E-state index < -0.39 is 17.7 Å². The predicted molar refractivity (Wildman–Crippen MR) is 110 cm³/mol. The third kappa shape index (κ3) is 3.67. The number of aromatic nitrogens is 1. The van der Waals surface area contributed by atoms with Gasteiger partial charge in [0, 0.05) is 18.3 Å². The first-order valence-corrected chi connectivity index (χ1v) is 9.46. The molecule has 1 unspecified atom stereocenters. The number of Topliss-reactive ketones (excluding diaryl/α,β-unsaturated/α-hetero) is 1. The first-order chi connectivity index (χ1) is 14.2. The molecule has 1 atom stereocenters. The van der Waals surface area contributed by atoms with Crippen molar-refractivity contribution in [3.8, 4) is 0 Å². The lowest BCUT2D eigenvalue weighted by atomic mass is 9.95. The molecule has 0 bridgehead atoms. The van der Waals surface area contributed by atoms with Gasteiger partial charge < -0.3 is 5.11 Å². The minimum atomic E-state index is -0.755. The summed E-state index contributed by atoms with van der Waals surface area (Å²) in [6.45, 7) is 0. The molecule has 2 aromatic carbocycles. The molecule has 0 saturated carbocycles. The van der Waals surface area contributed by atoms with Gasteiger partial charge in [-0.25, -0.2) is 0 Å². The van der Waals surface area contributed by atoms with E-state index in [2.05, 4.69) is 4.98 Å². The molecule has 1 aliphatic heterocycles. The maximum absolute atomic E-state index is 13.1. The third-order valence-electron chi connectivity index (χ3n) is 4.99. The van der Waals surface area contributed by atoms with Crippen LogP contribution in [-0.2, 0) is 16.0 Å². The van der Waals surface area contributed by atoms with E-state index in [9.17, 15) is 14.7 Å². The first-order valence-electron chi connectivity index (χ1n) is 9.46. The maximum Gasteiger partial charge on any atom is 0.294 e. The highest BCUT2D eigenvalue weighted by Gasteiger charge is 2.44. The number of hydrogen-bond acceptors (Lipinski definition) is 4. The van der Waals surface area contributed by atoms with Gasteiger partial charge in [0.05, 0.1) is 11.3 Å². The second-order valence-electron chi connectivity index (χ2n) is 6.84. The Kier molecular flexibility index (Phi) is 5.20. The van der Waals surface area contributed by atoms with Gasteiger partial charge in [-0.15, -0.1) is 0 Å². The molecule has 2 heterocycles. The van der Waals surface area contributed by atoms with Crippen molar-refractivity contribution in [2.24, 2.45) is 0 Å². The summed E-state index contributed by atoms with van der Waals surface area (Å²) >= 11 is 0. The molecule has 0 fully saturated rings. The zero-order chi connectivity index (χ0) is 20.2. The molecule has 5 heteroatoms. The molecule has 4 rings (SSSR count). The van der Waals surface area contributed by atoms with Crippen molar-refractivity contribution < 1.29 is 14.7 Å². The Bertz CT molecular complexity index is 1050. The quantitative estimate of drug-likeness (QED) is 0.692. The number of nitrogens with zero attached hydrogens (tertiary/aromatic N) is 2. The van der Waals surface area contributed by atoms with Crippen LogP contribution in [-0.4, -0.2) is 21.8 Å². The van der Waals surface area contributed by atoms with E-state index in [0.717, 1.165) is 5.56 Å². The summed E-state index contributed by atoms with van der Waals surface area (Å²) in [5, 5.41) is 10.6. The van der Waals surface area contributed by atoms with Crippen LogP contribution in [0.4, 0.5) is 5.69 Å². The summed E-state index contributed by atoms with van der Waals surface area (Å²) < 4.78 is 0. The molecule has 0 saturated heterocycles. The normalized spacial score (nSPS) is 16.3. The third-order valence-corrected chi connectivity index (χ3v) is 4.99. The number of hydrogen-bond donors (Lipinski definition) is 1. The van der Waals surface area contributed by atoms with Crippen LogP contribution in [0.3, 0.4) is 0 Å². The lowest BCUT2D eigenvalue weighted by molar-refractivity contribution is -0.118. The van der Waals surface area contributed by atoms with Gasteiger partial charge >= 0.3 is 0 Å². The number of aliphatic hydroxyl groups excluding tert-OH is 1. The fourth-order valence-electron chi connectivity index (χ4n) is 3.60. The van der Waals surface area contributed by atoms with Crippen LogP contribution in [0, 0.1) is 0 Å². The SMILES string of the molecule is O=C(CCc1ccccc1)C1=C(O)C(=O)N(c2ccccc2)C1c1ccccn1. The Labute approximate surface area is 169 Å². The molecular weight excluding hydrogens is 364 g/mol. The van der Waals surface area contributed by atoms with Crippen molar-refractivity contribution in [2.75, 3.05) is 4.90 Å². The van der Waals surface area contributed by atoms with Gasteiger partial charge in [0.15, 0.2) is 11.5 Å². The molecule has 1 N–H and O–H groups in total. The van der Waals surface area contributed by atoms with Crippen LogP contribution in [0.5, 0.6) is 0 Å². The van der Waals surface area contributed by atoms with Crippen LogP contribution < -0.4 is 4.90 Å². The van der Waals surface area contributed by atoms with Crippen molar-refractivity contribution in [1.29, 1.82) is 0 Å². The second-order valence-corrected chi connectivity index (χ2v) is 6.84. The van der Waals surface area contributed by atoms with Gasteiger partial charge in [-0.2, -0.15) is 0 Å². The summed E-state index contributed by atoms with van der Waals surface area (Å²) in [6.07, 6.45) is 2.35. The zero-order valence-corrected chi connectivity index (χ0v) is 15.7. The van der Waals surface area contributed by atoms with Crippen LogP contribution in [0.15, 0.2) is 96.4 Å². The van der Waals surface area contributed by atoms with Gasteiger partial charge in [0.1, 0.15) is 6.04 Å². The summed E-state index contributed by atoms with van der Waals surface area (Å²) in [7, 11) is 0. The molecule has 1 amide bonds. The molecule has 0 spiro atoms. The number of amides is 1. The van der Waals surface area contributed by atoms with Gasteiger partial charge in [-0.1, -0.05) is 54.6 Å². The molecule has 1 aliphatic rings. The van der Waals surface area contributed by atoms with Gasteiger partial charge in [0.25, 0.3) is 5.91 Å². The topological polar surface area (TPSA) is 70.5 Å². The highest BCUT2D eigenvalue weighted by Crippen LogP contribution is 2.40. The van der Waals surface area contributed by atoms with Crippen LogP contribution in [0.1, 0.15) is 23.7 Å². The number of rotatable bonds is 6. The highest BCUT2D eigenvalue weighted by molar-refractivity contribution is 6.16. The summed E-state index contributed by atoms with van der Waals surface area (Å²) in [5.74, 6) is -1.34. The number of benzene rings is 2. The Morgan fingerprint density at radius 3 is 2.24 bits per heavy atom. The minimum Gasteiger partial charge on any atom is -0.503 e. The van der Waals surface area contributed by atoms with Crippen molar-refractivity contribution >= 4 is 17.4 Å². The molecule has 0 radical (unpaired) electrons. The Balaban J connectivity index is 1.70. The van der Waals surface area contributed by atoms with Gasteiger partial charge in [-0.3, -0.25) is 19.5 Å². The Morgan fingerprint density at radius 2 is 1.59 bits per heavy atom. The number of pyridine rings is 1. The number of carbonyl (C=O) groups is 2. The average Bonchev–Trinajstić information content (AvgIpc) is 3.05. The molecule has 1 aromatic heterocycles. The smallest absolute Gasteiger partial charge is 0.294 e. The number of carbonyl (C=O) groups excluding carboxylic acids is 2. The zero-order valence-electron chi connectivity index (χ0n) is 15.7. The van der Waals surface area contributed by atoms with E-state index in [1.165, 1.54) is 4.90 Å². The fourth-order valence-corrected chi connectivity index (χ4v) is 3.60. The number of anilines is 1. The number of aryl methyl sites for hydroxylation is 1.